The van der Waals surface area contributed by atoms with E-state index in [1.807, 2.05) is 0 Å². The van der Waals surface area contributed by atoms with Crippen molar-refractivity contribution in [3.05, 3.63) is 62.3 Å². The Kier molecular flexibility index (Phi) is 3.82. The predicted molar refractivity (Wildman–Crippen MR) is 76.1 cm³/mol. The molecular formula is C13H8Br2FNO. The van der Waals surface area contributed by atoms with Gasteiger partial charge in [0.1, 0.15) is 5.82 Å². The quantitative estimate of drug-likeness (QED) is 0.635. The number of carbonyl (C=O) groups excluding carboxylic acids is 1. The molecule has 0 aliphatic heterocycles. The van der Waals surface area contributed by atoms with E-state index in [9.17, 15) is 9.18 Å². The van der Waals surface area contributed by atoms with E-state index in [0.29, 0.717) is 20.2 Å². The summed E-state index contributed by atoms with van der Waals surface area (Å²) in [4.78, 5) is 12.2. The summed E-state index contributed by atoms with van der Waals surface area (Å²) in [6, 6.07) is 9.05. The van der Waals surface area contributed by atoms with Crippen molar-refractivity contribution in [2.24, 2.45) is 0 Å². The Morgan fingerprint density at radius 1 is 1.06 bits per heavy atom. The maximum Gasteiger partial charge on any atom is 0.197 e. The monoisotopic (exact) mass is 371 g/mol. The van der Waals surface area contributed by atoms with Crippen LogP contribution in [-0.4, -0.2) is 5.78 Å². The molecule has 0 amide bonds. The van der Waals surface area contributed by atoms with E-state index in [1.165, 1.54) is 12.1 Å². The molecule has 0 aliphatic rings. The van der Waals surface area contributed by atoms with Gasteiger partial charge in [0, 0.05) is 20.2 Å². The van der Waals surface area contributed by atoms with Gasteiger partial charge < -0.3 is 5.73 Å². The lowest BCUT2D eigenvalue weighted by molar-refractivity contribution is 0.103. The average Bonchev–Trinajstić information content (AvgIpc) is 2.31. The van der Waals surface area contributed by atoms with Crippen LogP contribution in [0.3, 0.4) is 0 Å². The first-order chi connectivity index (χ1) is 8.49. The number of nitrogens with two attached hydrogens (primary N) is 1. The number of anilines is 1. The van der Waals surface area contributed by atoms with Gasteiger partial charge in [0.05, 0.1) is 5.56 Å². The zero-order valence-corrected chi connectivity index (χ0v) is 12.3. The molecule has 2 nitrogen and oxygen atoms in total. The molecular weight excluding hydrogens is 365 g/mol. The molecule has 0 atom stereocenters. The second kappa shape index (κ2) is 5.20. The van der Waals surface area contributed by atoms with E-state index in [2.05, 4.69) is 31.9 Å². The summed E-state index contributed by atoms with van der Waals surface area (Å²) >= 11 is 6.47. The molecule has 92 valence electrons. The van der Waals surface area contributed by atoms with Crippen molar-refractivity contribution in [2.75, 3.05) is 5.73 Å². The van der Waals surface area contributed by atoms with Crippen molar-refractivity contribution >= 4 is 43.3 Å². The molecule has 2 N–H and O–H groups in total. The third-order valence-electron chi connectivity index (χ3n) is 2.41. The van der Waals surface area contributed by atoms with E-state index >= 15 is 0 Å². The van der Waals surface area contributed by atoms with Crippen molar-refractivity contribution in [1.82, 2.24) is 0 Å². The highest BCUT2D eigenvalue weighted by Crippen LogP contribution is 2.25. The lowest BCUT2D eigenvalue weighted by Gasteiger charge is -2.06. The van der Waals surface area contributed by atoms with E-state index in [0.717, 1.165) is 0 Å². The van der Waals surface area contributed by atoms with Crippen LogP contribution in [0.15, 0.2) is 45.3 Å². The lowest BCUT2D eigenvalue weighted by Crippen LogP contribution is -2.05. The molecule has 2 aromatic rings. The predicted octanol–water partition coefficient (Wildman–Crippen LogP) is 4.16. The first-order valence-electron chi connectivity index (χ1n) is 5.04. The van der Waals surface area contributed by atoms with Gasteiger partial charge in [0.2, 0.25) is 0 Å². The highest BCUT2D eigenvalue weighted by atomic mass is 79.9. The zero-order valence-electron chi connectivity index (χ0n) is 9.08. The van der Waals surface area contributed by atoms with Gasteiger partial charge in [-0.2, -0.15) is 0 Å². The van der Waals surface area contributed by atoms with Crippen LogP contribution in [0.4, 0.5) is 10.1 Å². The molecule has 0 radical (unpaired) electrons. The van der Waals surface area contributed by atoms with E-state index in [-0.39, 0.29) is 11.3 Å². The Labute approximate surface area is 120 Å². The van der Waals surface area contributed by atoms with Crippen LogP contribution in [0.25, 0.3) is 0 Å². The number of hydrogen-bond donors (Lipinski definition) is 1. The summed E-state index contributed by atoms with van der Waals surface area (Å²) in [6.45, 7) is 0. The Morgan fingerprint density at radius 2 is 1.78 bits per heavy atom. The van der Waals surface area contributed by atoms with E-state index in [1.54, 1.807) is 24.3 Å². The standard InChI is InChI=1S/C13H8Br2FNO/c14-7-1-4-12(16)10(5-7)13(18)9-3-2-8(17)6-11(9)15/h1-6H,17H2. The summed E-state index contributed by atoms with van der Waals surface area (Å²) < 4.78 is 14.8. The molecule has 0 spiro atoms. The summed E-state index contributed by atoms with van der Waals surface area (Å²) in [7, 11) is 0. The Hall–Kier alpha value is -1.20. The molecule has 0 heterocycles. The van der Waals surface area contributed by atoms with E-state index in [4.69, 9.17) is 5.73 Å². The highest BCUT2D eigenvalue weighted by Gasteiger charge is 2.16. The van der Waals surface area contributed by atoms with Crippen molar-refractivity contribution in [3.63, 3.8) is 0 Å². The Bertz CT molecular complexity index is 628. The first-order valence-corrected chi connectivity index (χ1v) is 6.62. The number of rotatable bonds is 2. The van der Waals surface area contributed by atoms with Gasteiger partial charge in [-0.05, 0) is 52.3 Å². The fraction of sp³-hybridized carbons (Fsp3) is 0. The van der Waals surface area contributed by atoms with Gasteiger partial charge in [-0.15, -0.1) is 0 Å². The summed E-state index contributed by atoms with van der Waals surface area (Å²) in [5.74, 6) is -0.937. The van der Waals surface area contributed by atoms with Gasteiger partial charge in [-0.25, -0.2) is 4.39 Å². The number of halogens is 3. The molecule has 2 rings (SSSR count). The van der Waals surface area contributed by atoms with Crippen LogP contribution >= 0.6 is 31.9 Å². The molecule has 5 heteroatoms. The molecule has 0 bridgehead atoms. The van der Waals surface area contributed by atoms with Crippen LogP contribution < -0.4 is 5.73 Å². The van der Waals surface area contributed by atoms with Gasteiger partial charge in [-0.1, -0.05) is 15.9 Å². The number of ketones is 1. The fourth-order valence-corrected chi connectivity index (χ4v) is 2.47. The van der Waals surface area contributed by atoms with Gasteiger partial charge >= 0.3 is 0 Å². The Morgan fingerprint density at radius 3 is 2.44 bits per heavy atom. The van der Waals surface area contributed by atoms with Crippen LogP contribution in [0.5, 0.6) is 0 Å². The SMILES string of the molecule is Nc1ccc(C(=O)c2cc(Br)ccc2F)c(Br)c1. The van der Waals surface area contributed by atoms with Gasteiger partial charge in [-0.3, -0.25) is 4.79 Å². The topological polar surface area (TPSA) is 43.1 Å². The minimum atomic E-state index is -0.549. The number of nitrogen functional groups attached to an aromatic ring is 1. The summed E-state index contributed by atoms with van der Waals surface area (Å²) in [5, 5.41) is 0. The van der Waals surface area contributed by atoms with Crippen molar-refractivity contribution in [1.29, 1.82) is 0 Å². The Balaban J connectivity index is 2.51. The molecule has 0 saturated carbocycles. The lowest BCUT2D eigenvalue weighted by atomic mass is 10.0. The molecule has 0 aliphatic carbocycles. The number of benzene rings is 2. The minimum Gasteiger partial charge on any atom is -0.399 e. The van der Waals surface area contributed by atoms with Crippen molar-refractivity contribution < 1.29 is 9.18 Å². The van der Waals surface area contributed by atoms with Crippen LogP contribution in [0.1, 0.15) is 15.9 Å². The third-order valence-corrected chi connectivity index (χ3v) is 3.56. The maximum absolute atomic E-state index is 13.6. The number of hydrogen-bond acceptors (Lipinski definition) is 2. The third kappa shape index (κ3) is 2.62. The summed E-state index contributed by atoms with van der Waals surface area (Å²) in [6.07, 6.45) is 0. The van der Waals surface area contributed by atoms with Crippen molar-refractivity contribution in [2.45, 2.75) is 0 Å². The molecule has 18 heavy (non-hydrogen) atoms. The molecule has 0 saturated heterocycles. The highest BCUT2D eigenvalue weighted by molar-refractivity contribution is 9.10. The fourth-order valence-electron chi connectivity index (χ4n) is 1.53. The molecule has 0 unspecified atom stereocenters. The second-order valence-electron chi connectivity index (χ2n) is 3.69. The largest absolute Gasteiger partial charge is 0.399 e. The van der Waals surface area contributed by atoms with Gasteiger partial charge in [0.15, 0.2) is 5.78 Å². The van der Waals surface area contributed by atoms with Crippen LogP contribution in [0.2, 0.25) is 0 Å². The molecule has 2 aromatic carbocycles. The van der Waals surface area contributed by atoms with Crippen LogP contribution in [-0.2, 0) is 0 Å². The molecule has 0 fully saturated rings. The normalized spacial score (nSPS) is 10.4. The first kappa shape index (κ1) is 13.2. The van der Waals surface area contributed by atoms with Crippen molar-refractivity contribution in [3.8, 4) is 0 Å². The summed E-state index contributed by atoms with van der Waals surface area (Å²) in [5.41, 5.74) is 6.53. The second-order valence-corrected chi connectivity index (χ2v) is 5.46. The number of carbonyl (C=O) groups is 1. The minimum absolute atomic E-state index is 0.0230. The van der Waals surface area contributed by atoms with Gasteiger partial charge in [0.25, 0.3) is 0 Å². The average molecular weight is 373 g/mol. The van der Waals surface area contributed by atoms with E-state index < -0.39 is 5.82 Å². The maximum atomic E-state index is 13.6. The molecule has 0 aromatic heterocycles. The van der Waals surface area contributed by atoms with Crippen LogP contribution in [0, 0.1) is 5.82 Å². The zero-order chi connectivity index (χ0) is 13.3. The smallest absolute Gasteiger partial charge is 0.197 e.